The Hall–Kier alpha value is -2.19. The predicted molar refractivity (Wildman–Crippen MR) is 84.9 cm³/mol. The molecule has 0 amide bonds. The minimum absolute atomic E-state index is 0. The van der Waals surface area contributed by atoms with Crippen molar-refractivity contribution < 1.29 is 0 Å². The number of nitrogens with zero attached hydrogens (tertiary/aromatic N) is 2. The molecule has 100 valence electrons. The van der Waals surface area contributed by atoms with E-state index in [0.717, 1.165) is 22.5 Å². The lowest BCUT2D eigenvalue weighted by Gasteiger charge is -2.07. The maximum Gasteiger partial charge on any atom is 0.0702 e. The topological polar surface area (TPSA) is 25.8 Å². The number of rotatable bonds is 2. The number of aryl methyl sites for hydroxylation is 1. The summed E-state index contributed by atoms with van der Waals surface area (Å²) in [6.45, 7) is 2.10. The molecule has 2 nitrogen and oxygen atoms in total. The summed E-state index contributed by atoms with van der Waals surface area (Å²) in [7, 11) is 0. The van der Waals surface area contributed by atoms with Crippen molar-refractivity contribution in [2.24, 2.45) is 0 Å². The standard InChI is InChI=1S/C17H14N2.ClH/c1-13-10-14(16-6-2-4-8-18-16)12-15(11-13)17-7-3-5-9-19-17;/h2-12H,1H3;1H. The molecule has 0 unspecified atom stereocenters. The lowest BCUT2D eigenvalue weighted by Crippen LogP contribution is -1.87. The van der Waals surface area contributed by atoms with E-state index in [1.807, 2.05) is 48.8 Å². The van der Waals surface area contributed by atoms with Gasteiger partial charge in [-0.1, -0.05) is 12.1 Å². The second-order valence-corrected chi connectivity index (χ2v) is 4.52. The van der Waals surface area contributed by atoms with Crippen LogP contribution in [0.15, 0.2) is 67.0 Å². The van der Waals surface area contributed by atoms with Gasteiger partial charge in [0.1, 0.15) is 0 Å². The fourth-order valence-corrected chi connectivity index (χ4v) is 2.15. The quantitative estimate of drug-likeness (QED) is 0.689. The number of hydrogen-bond donors (Lipinski definition) is 0. The molecule has 1 aromatic carbocycles. The maximum atomic E-state index is 4.40. The zero-order valence-electron chi connectivity index (χ0n) is 11.2. The summed E-state index contributed by atoms with van der Waals surface area (Å²) in [5.41, 5.74) is 5.44. The molecule has 0 aliphatic rings. The first-order chi connectivity index (χ1) is 9.33. The fraction of sp³-hybridized carbons (Fsp3) is 0.0588. The van der Waals surface area contributed by atoms with Crippen LogP contribution in [0, 0.1) is 6.92 Å². The molecule has 3 aromatic rings. The molecule has 3 heteroatoms. The Kier molecular flexibility index (Phi) is 4.49. The van der Waals surface area contributed by atoms with Gasteiger partial charge in [0.05, 0.1) is 11.4 Å². The summed E-state index contributed by atoms with van der Waals surface area (Å²) in [5.74, 6) is 0. The minimum Gasteiger partial charge on any atom is -0.256 e. The van der Waals surface area contributed by atoms with Crippen molar-refractivity contribution in [3.8, 4) is 22.5 Å². The Morgan fingerprint density at radius 3 is 1.60 bits per heavy atom. The van der Waals surface area contributed by atoms with E-state index in [-0.39, 0.29) is 12.4 Å². The van der Waals surface area contributed by atoms with Crippen LogP contribution in [0.5, 0.6) is 0 Å². The first-order valence-electron chi connectivity index (χ1n) is 6.27. The van der Waals surface area contributed by atoms with Crippen molar-refractivity contribution in [3.63, 3.8) is 0 Å². The van der Waals surface area contributed by atoms with Gasteiger partial charge in [-0.15, -0.1) is 12.4 Å². The summed E-state index contributed by atoms with van der Waals surface area (Å²) in [4.78, 5) is 8.81. The zero-order chi connectivity index (χ0) is 13.1. The molecule has 0 saturated carbocycles. The number of benzene rings is 1. The van der Waals surface area contributed by atoms with Crippen molar-refractivity contribution in [1.29, 1.82) is 0 Å². The van der Waals surface area contributed by atoms with Gasteiger partial charge < -0.3 is 0 Å². The van der Waals surface area contributed by atoms with Crippen molar-refractivity contribution >= 4 is 12.4 Å². The largest absolute Gasteiger partial charge is 0.256 e. The van der Waals surface area contributed by atoms with E-state index in [9.17, 15) is 0 Å². The second kappa shape index (κ2) is 6.31. The van der Waals surface area contributed by atoms with E-state index in [4.69, 9.17) is 0 Å². The van der Waals surface area contributed by atoms with Crippen molar-refractivity contribution in [2.75, 3.05) is 0 Å². The van der Waals surface area contributed by atoms with Gasteiger partial charge in [0.2, 0.25) is 0 Å². The average molecular weight is 283 g/mol. The summed E-state index contributed by atoms with van der Waals surface area (Å²) in [6, 6.07) is 18.4. The van der Waals surface area contributed by atoms with Crippen LogP contribution in [-0.4, -0.2) is 9.97 Å². The highest BCUT2D eigenvalue weighted by Crippen LogP contribution is 2.25. The maximum absolute atomic E-state index is 4.40. The Morgan fingerprint density at radius 1 is 0.700 bits per heavy atom. The van der Waals surface area contributed by atoms with Gasteiger partial charge in [-0.05, 0) is 55.0 Å². The molecule has 0 bridgehead atoms. The third-order valence-electron chi connectivity index (χ3n) is 3.00. The van der Waals surface area contributed by atoms with Gasteiger partial charge in [0, 0.05) is 23.5 Å². The third kappa shape index (κ3) is 3.03. The van der Waals surface area contributed by atoms with Crippen LogP contribution in [0.2, 0.25) is 0 Å². The van der Waals surface area contributed by atoms with Crippen LogP contribution in [0.3, 0.4) is 0 Å². The van der Waals surface area contributed by atoms with Crippen LogP contribution in [0.25, 0.3) is 22.5 Å². The van der Waals surface area contributed by atoms with E-state index >= 15 is 0 Å². The molecule has 0 aliphatic carbocycles. The van der Waals surface area contributed by atoms with Crippen LogP contribution in [0.4, 0.5) is 0 Å². The highest BCUT2D eigenvalue weighted by Gasteiger charge is 2.04. The molecule has 2 aromatic heterocycles. The molecule has 20 heavy (non-hydrogen) atoms. The Morgan fingerprint density at radius 2 is 1.20 bits per heavy atom. The molecule has 0 fully saturated rings. The molecule has 3 rings (SSSR count). The molecular formula is C17H15ClN2. The summed E-state index contributed by atoms with van der Waals surface area (Å²) in [5, 5.41) is 0. The molecular weight excluding hydrogens is 268 g/mol. The molecule has 0 spiro atoms. The summed E-state index contributed by atoms with van der Waals surface area (Å²) >= 11 is 0. The Bertz CT molecular complexity index is 624. The van der Waals surface area contributed by atoms with Gasteiger partial charge in [-0.2, -0.15) is 0 Å². The average Bonchev–Trinajstić information content (AvgIpc) is 2.48. The van der Waals surface area contributed by atoms with E-state index < -0.39 is 0 Å². The van der Waals surface area contributed by atoms with Crippen LogP contribution in [-0.2, 0) is 0 Å². The second-order valence-electron chi connectivity index (χ2n) is 4.52. The number of hydrogen-bond acceptors (Lipinski definition) is 2. The summed E-state index contributed by atoms with van der Waals surface area (Å²) < 4.78 is 0. The SMILES string of the molecule is Cc1cc(-c2ccccn2)cc(-c2ccccn2)c1.Cl. The van der Waals surface area contributed by atoms with Gasteiger partial charge in [-0.3, -0.25) is 9.97 Å². The van der Waals surface area contributed by atoms with Gasteiger partial charge >= 0.3 is 0 Å². The van der Waals surface area contributed by atoms with Gasteiger partial charge in [-0.25, -0.2) is 0 Å². The van der Waals surface area contributed by atoms with E-state index in [1.165, 1.54) is 5.56 Å². The fourth-order valence-electron chi connectivity index (χ4n) is 2.15. The van der Waals surface area contributed by atoms with Gasteiger partial charge in [0.25, 0.3) is 0 Å². The molecule has 0 radical (unpaired) electrons. The Labute approximate surface area is 125 Å². The van der Waals surface area contributed by atoms with Crippen molar-refractivity contribution in [2.45, 2.75) is 6.92 Å². The Balaban J connectivity index is 0.00000147. The van der Waals surface area contributed by atoms with E-state index in [2.05, 4.69) is 35.1 Å². The molecule has 0 atom stereocenters. The third-order valence-corrected chi connectivity index (χ3v) is 3.00. The lowest BCUT2D eigenvalue weighted by atomic mass is 10.0. The van der Waals surface area contributed by atoms with Crippen LogP contribution < -0.4 is 0 Å². The molecule has 0 N–H and O–H groups in total. The normalized spacial score (nSPS) is 9.85. The first kappa shape index (κ1) is 14.2. The highest BCUT2D eigenvalue weighted by molar-refractivity contribution is 5.85. The minimum atomic E-state index is 0. The molecule has 0 aliphatic heterocycles. The lowest BCUT2D eigenvalue weighted by molar-refractivity contribution is 1.30. The smallest absolute Gasteiger partial charge is 0.0702 e. The number of halogens is 1. The molecule has 2 heterocycles. The summed E-state index contributed by atoms with van der Waals surface area (Å²) in [6.07, 6.45) is 3.64. The van der Waals surface area contributed by atoms with Crippen LogP contribution >= 0.6 is 12.4 Å². The van der Waals surface area contributed by atoms with E-state index in [1.54, 1.807) is 0 Å². The zero-order valence-corrected chi connectivity index (χ0v) is 12.0. The first-order valence-corrected chi connectivity index (χ1v) is 6.27. The van der Waals surface area contributed by atoms with Gasteiger partial charge in [0.15, 0.2) is 0 Å². The monoisotopic (exact) mass is 282 g/mol. The number of pyridine rings is 2. The molecule has 0 saturated heterocycles. The highest BCUT2D eigenvalue weighted by atomic mass is 35.5. The van der Waals surface area contributed by atoms with Crippen molar-refractivity contribution in [3.05, 3.63) is 72.6 Å². The predicted octanol–water partition coefficient (Wildman–Crippen LogP) is 4.54. The van der Waals surface area contributed by atoms with Crippen molar-refractivity contribution in [1.82, 2.24) is 9.97 Å². The van der Waals surface area contributed by atoms with E-state index in [0.29, 0.717) is 0 Å². The number of aromatic nitrogens is 2. The van der Waals surface area contributed by atoms with Crippen LogP contribution in [0.1, 0.15) is 5.56 Å².